The molecule has 2 aromatic rings. The summed E-state index contributed by atoms with van der Waals surface area (Å²) < 4.78 is 26.2. The highest BCUT2D eigenvalue weighted by molar-refractivity contribution is 5.30. The second-order valence-electron chi connectivity index (χ2n) is 5.44. The second-order valence-corrected chi connectivity index (χ2v) is 5.44. The summed E-state index contributed by atoms with van der Waals surface area (Å²) >= 11 is 0. The largest absolute Gasteiger partial charge is 0.388 e. The second kappa shape index (κ2) is 5.33. The average Bonchev–Trinajstić information content (AvgIpc) is 3.22. The zero-order valence-corrected chi connectivity index (χ0v) is 11.0. The third-order valence-corrected chi connectivity index (χ3v) is 3.72. The van der Waals surface area contributed by atoms with Crippen molar-refractivity contribution in [2.45, 2.75) is 31.3 Å². The summed E-state index contributed by atoms with van der Waals surface area (Å²) in [6.45, 7) is 0. The van der Waals surface area contributed by atoms with E-state index in [9.17, 15) is 13.9 Å². The molecule has 1 nitrogen and oxygen atoms in total. The number of hydrogen-bond donors (Lipinski definition) is 1. The molecule has 104 valence electrons. The van der Waals surface area contributed by atoms with Crippen LogP contribution in [0.4, 0.5) is 8.78 Å². The van der Waals surface area contributed by atoms with Gasteiger partial charge in [0.2, 0.25) is 0 Å². The standard InChI is InChI=1S/C17H16F2O/c18-15-7-11(8-16(19)10-15)9-17(20)14-5-3-13(4-6-14)12-1-2-12/h3-8,10,12,17,20H,1-2,9H2. The minimum Gasteiger partial charge on any atom is -0.388 e. The highest BCUT2D eigenvalue weighted by atomic mass is 19.1. The molecule has 3 rings (SSSR count). The van der Waals surface area contributed by atoms with Gasteiger partial charge in [-0.1, -0.05) is 24.3 Å². The Morgan fingerprint density at radius 3 is 2.15 bits per heavy atom. The normalized spacial score (nSPS) is 16.1. The van der Waals surface area contributed by atoms with Crippen molar-refractivity contribution in [1.82, 2.24) is 0 Å². The first-order valence-electron chi connectivity index (χ1n) is 6.85. The summed E-state index contributed by atoms with van der Waals surface area (Å²) in [5.41, 5.74) is 2.54. The van der Waals surface area contributed by atoms with Crippen LogP contribution in [-0.2, 0) is 6.42 Å². The van der Waals surface area contributed by atoms with Gasteiger partial charge in [0.25, 0.3) is 0 Å². The van der Waals surface area contributed by atoms with Crippen molar-refractivity contribution in [2.75, 3.05) is 0 Å². The summed E-state index contributed by atoms with van der Waals surface area (Å²) in [7, 11) is 0. The van der Waals surface area contributed by atoms with Crippen LogP contribution in [0, 0.1) is 11.6 Å². The maximum absolute atomic E-state index is 13.1. The summed E-state index contributed by atoms with van der Waals surface area (Å²) in [4.78, 5) is 0. The van der Waals surface area contributed by atoms with Gasteiger partial charge in [0, 0.05) is 12.5 Å². The van der Waals surface area contributed by atoms with Gasteiger partial charge in [-0.05, 0) is 47.6 Å². The van der Waals surface area contributed by atoms with Gasteiger partial charge in [-0.25, -0.2) is 8.78 Å². The predicted octanol–water partition coefficient (Wildman–Crippen LogP) is 4.12. The lowest BCUT2D eigenvalue weighted by atomic mass is 9.99. The molecular weight excluding hydrogens is 258 g/mol. The van der Waals surface area contributed by atoms with Gasteiger partial charge in [0.15, 0.2) is 0 Å². The molecule has 0 amide bonds. The van der Waals surface area contributed by atoms with E-state index < -0.39 is 17.7 Å². The molecular formula is C17H16F2O. The zero-order chi connectivity index (χ0) is 14.1. The summed E-state index contributed by atoms with van der Waals surface area (Å²) in [5.74, 6) is -0.550. The van der Waals surface area contributed by atoms with Crippen LogP contribution in [0.3, 0.4) is 0 Å². The van der Waals surface area contributed by atoms with E-state index in [4.69, 9.17) is 0 Å². The molecule has 0 radical (unpaired) electrons. The van der Waals surface area contributed by atoms with Gasteiger partial charge in [-0.15, -0.1) is 0 Å². The van der Waals surface area contributed by atoms with Crippen LogP contribution in [0.25, 0.3) is 0 Å². The molecule has 1 fully saturated rings. The van der Waals surface area contributed by atoms with Crippen LogP contribution >= 0.6 is 0 Å². The maximum Gasteiger partial charge on any atom is 0.126 e. The van der Waals surface area contributed by atoms with Crippen molar-refractivity contribution in [3.8, 4) is 0 Å². The smallest absolute Gasteiger partial charge is 0.126 e. The maximum atomic E-state index is 13.1. The number of rotatable bonds is 4. The fraction of sp³-hybridized carbons (Fsp3) is 0.294. The fourth-order valence-corrected chi connectivity index (χ4v) is 2.48. The Morgan fingerprint density at radius 1 is 1.00 bits per heavy atom. The van der Waals surface area contributed by atoms with Crippen molar-refractivity contribution < 1.29 is 13.9 Å². The van der Waals surface area contributed by atoms with Gasteiger partial charge in [-0.3, -0.25) is 0 Å². The van der Waals surface area contributed by atoms with E-state index in [2.05, 4.69) is 0 Å². The Morgan fingerprint density at radius 2 is 1.60 bits per heavy atom. The van der Waals surface area contributed by atoms with Gasteiger partial charge in [0.05, 0.1) is 6.10 Å². The van der Waals surface area contributed by atoms with Crippen molar-refractivity contribution >= 4 is 0 Å². The van der Waals surface area contributed by atoms with Gasteiger partial charge >= 0.3 is 0 Å². The fourth-order valence-electron chi connectivity index (χ4n) is 2.48. The summed E-state index contributed by atoms with van der Waals surface area (Å²) in [6, 6.07) is 11.2. The first-order chi connectivity index (χ1) is 9.61. The number of aliphatic hydroxyl groups is 1. The number of benzene rings is 2. The van der Waals surface area contributed by atoms with Gasteiger partial charge in [0.1, 0.15) is 11.6 Å². The number of aliphatic hydroxyl groups excluding tert-OH is 1. The van der Waals surface area contributed by atoms with Crippen LogP contribution in [-0.4, -0.2) is 5.11 Å². The average molecular weight is 274 g/mol. The van der Waals surface area contributed by atoms with Crippen LogP contribution in [0.2, 0.25) is 0 Å². The van der Waals surface area contributed by atoms with E-state index >= 15 is 0 Å². The molecule has 1 aliphatic carbocycles. The monoisotopic (exact) mass is 274 g/mol. The molecule has 1 saturated carbocycles. The lowest BCUT2D eigenvalue weighted by Crippen LogP contribution is -2.02. The minimum atomic E-state index is -0.746. The van der Waals surface area contributed by atoms with E-state index in [1.165, 1.54) is 30.5 Å². The molecule has 1 N–H and O–H groups in total. The van der Waals surface area contributed by atoms with Crippen molar-refractivity contribution in [1.29, 1.82) is 0 Å². The summed E-state index contributed by atoms with van der Waals surface area (Å²) in [6.07, 6.45) is 1.94. The molecule has 0 saturated heterocycles. The minimum absolute atomic E-state index is 0.206. The quantitative estimate of drug-likeness (QED) is 0.889. The van der Waals surface area contributed by atoms with E-state index in [1.807, 2.05) is 24.3 Å². The van der Waals surface area contributed by atoms with Crippen molar-refractivity contribution in [3.05, 3.63) is 70.8 Å². The first kappa shape index (κ1) is 13.3. The molecule has 0 spiro atoms. The molecule has 0 heterocycles. The molecule has 1 aliphatic rings. The molecule has 1 unspecified atom stereocenters. The van der Waals surface area contributed by atoms with Crippen LogP contribution in [0.15, 0.2) is 42.5 Å². The Kier molecular flexibility index (Phi) is 3.53. The van der Waals surface area contributed by atoms with Crippen LogP contribution in [0.1, 0.15) is 41.6 Å². The number of halogens is 2. The van der Waals surface area contributed by atoms with Crippen molar-refractivity contribution in [2.24, 2.45) is 0 Å². The molecule has 0 bridgehead atoms. The highest BCUT2D eigenvalue weighted by Crippen LogP contribution is 2.40. The lowest BCUT2D eigenvalue weighted by molar-refractivity contribution is 0.178. The molecule has 3 heteroatoms. The molecule has 20 heavy (non-hydrogen) atoms. The van der Waals surface area contributed by atoms with Gasteiger partial charge < -0.3 is 5.11 Å². The topological polar surface area (TPSA) is 20.2 Å². The lowest BCUT2D eigenvalue weighted by Gasteiger charge is -2.12. The van der Waals surface area contributed by atoms with E-state index in [1.54, 1.807) is 0 Å². The Balaban J connectivity index is 1.72. The SMILES string of the molecule is OC(Cc1cc(F)cc(F)c1)c1ccc(C2CC2)cc1. The Labute approximate surface area is 116 Å². The third-order valence-electron chi connectivity index (χ3n) is 3.72. The third kappa shape index (κ3) is 3.05. The van der Waals surface area contributed by atoms with Crippen LogP contribution in [0.5, 0.6) is 0 Å². The summed E-state index contributed by atoms with van der Waals surface area (Å²) in [5, 5.41) is 10.2. The molecule has 2 aromatic carbocycles. The van der Waals surface area contributed by atoms with E-state index in [-0.39, 0.29) is 6.42 Å². The van der Waals surface area contributed by atoms with Crippen molar-refractivity contribution in [3.63, 3.8) is 0 Å². The zero-order valence-electron chi connectivity index (χ0n) is 11.0. The number of hydrogen-bond acceptors (Lipinski definition) is 1. The van der Waals surface area contributed by atoms with E-state index in [0.29, 0.717) is 11.5 Å². The predicted molar refractivity (Wildman–Crippen MR) is 73.4 cm³/mol. The molecule has 0 aliphatic heterocycles. The first-order valence-corrected chi connectivity index (χ1v) is 6.85. The van der Waals surface area contributed by atoms with Crippen LogP contribution < -0.4 is 0 Å². The Hall–Kier alpha value is -1.74. The van der Waals surface area contributed by atoms with E-state index in [0.717, 1.165) is 11.6 Å². The molecule has 1 atom stereocenters. The van der Waals surface area contributed by atoms with Gasteiger partial charge in [-0.2, -0.15) is 0 Å². The molecule has 0 aromatic heterocycles. The Bertz CT molecular complexity index is 583. The highest BCUT2D eigenvalue weighted by Gasteiger charge is 2.23.